The molecule has 0 fully saturated rings. The van der Waals surface area contributed by atoms with Crippen molar-refractivity contribution in [1.82, 2.24) is 19.9 Å². The van der Waals surface area contributed by atoms with Crippen molar-refractivity contribution in [3.63, 3.8) is 0 Å². The molecule has 0 unspecified atom stereocenters. The molecule has 4 aromatic rings. The largest absolute Gasteiger partial charge is 0.346 e. The van der Waals surface area contributed by atoms with Gasteiger partial charge in [-0.25, -0.2) is 14.5 Å². The van der Waals surface area contributed by atoms with Crippen LogP contribution in [0.3, 0.4) is 0 Å². The molecule has 8 nitrogen and oxygen atoms in total. The van der Waals surface area contributed by atoms with Gasteiger partial charge < -0.3 is 10.6 Å². The maximum absolute atomic E-state index is 13.3. The molecule has 0 saturated heterocycles. The summed E-state index contributed by atoms with van der Waals surface area (Å²) in [5, 5.41) is 6.27. The van der Waals surface area contributed by atoms with Gasteiger partial charge in [-0.3, -0.25) is 14.4 Å². The maximum Gasteiger partial charge on any atom is 0.267 e. The van der Waals surface area contributed by atoms with Crippen molar-refractivity contribution in [2.45, 2.75) is 25.4 Å². The molecule has 0 aliphatic heterocycles. The lowest BCUT2D eigenvalue weighted by molar-refractivity contribution is -0.122. The monoisotopic (exact) mass is 487 g/mol. The fourth-order valence-electron chi connectivity index (χ4n) is 3.56. The van der Waals surface area contributed by atoms with Crippen molar-refractivity contribution < 1.29 is 9.59 Å². The molecule has 2 aromatic heterocycles. The zero-order valence-electron chi connectivity index (χ0n) is 19.4. The van der Waals surface area contributed by atoms with E-state index in [9.17, 15) is 14.4 Å². The lowest BCUT2D eigenvalue weighted by Crippen LogP contribution is -2.34. The van der Waals surface area contributed by atoms with Gasteiger partial charge in [-0.15, -0.1) is 0 Å². The van der Waals surface area contributed by atoms with Crippen LogP contribution in [0.1, 0.15) is 18.1 Å². The number of benzene rings is 2. The van der Waals surface area contributed by atoms with Gasteiger partial charge in [0.15, 0.2) is 5.16 Å². The van der Waals surface area contributed by atoms with E-state index in [2.05, 4.69) is 20.6 Å². The Morgan fingerprint density at radius 1 is 1.03 bits per heavy atom. The Balaban J connectivity index is 1.47. The number of hydrogen-bond donors (Lipinski definition) is 2. The number of aryl methyl sites for hydroxylation is 2. The average Bonchev–Trinajstić information content (AvgIpc) is 2.86. The Morgan fingerprint density at radius 3 is 2.60 bits per heavy atom. The Morgan fingerprint density at radius 2 is 1.80 bits per heavy atom. The Bertz CT molecular complexity index is 1450. The number of hydrogen-bond acceptors (Lipinski definition) is 6. The molecule has 2 heterocycles. The van der Waals surface area contributed by atoms with Crippen molar-refractivity contribution in [1.29, 1.82) is 0 Å². The fraction of sp³-hybridized carbons (Fsp3) is 0.192. The van der Waals surface area contributed by atoms with Crippen LogP contribution in [-0.4, -0.2) is 38.6 Å². The summed E-state index contributed by atoms with van der Waals surface area (Å²) < 4.78 is 1.42. The highest BCUT2D eigenvalue weighted by Gasteiger charge is 2.16. The Hall–Kier alpha value is -3.98. The van der Waals surface area contributed by atoms with E-state index >= 15 is 0 Å². The van der Waals surface area contributed by atoms with Crippen LogP contribution in [0.15, 0.2) is 76.8 Å². The first kappa shape index (κ1) is 24.2. The van der Waals surface area contributed by atoms with Crippen LogP contribution < -0.4 is 16.2 Å². The molecule has 2 N–H and O–H groups in total. The topological polar surface area (TPSA) is 106 Å². The molecule has 2 amide bonds. The average molecular weight is 488 g/mol. The predicted molar refractivity (Wildman–Crippen MR) is 138 cm³/mol. The summed E-state index contributed by atoms with van der Waals surface area (Å²) in [5.41, 5.74) is 2.98. The Kier molecular flexibility index (Phi) is 7.57. The number of rotatable bonds is 8. The molecule has 178 valence electrons. The third-order valence-corrected chi connectivity index (χ3v) is 6.26. The zero-order chi connectivity index (χ0) is 24.8. The quantitative estimate of drug-likeness (QED) is 0.291. The molecular formula is C26H25N5O3S. The lowest BCUT2D eigenvalue weighted by atomic mass is 10.1. The molecule has 35 heavy (non-hydrogen) atoms. The minimum absolute atomic E-state index is 0.0184. The normalized spacial score (nSPS) is 10.8. The summed E-state index contributed by atoms with van der Waals surface area (Å²) >= 11 is 1.11. The third kappa shape index (κ3) is 5.75. The standard InChI is InChI=1S/C26H25N5O3S/c1-3-18-8-4-6-10-20(18)29-23(32)15-28-24(33)16-35-26-30-21-11-7-5-9-19(21)25(34)31(26)22-14-17(2)12-13-27-22/h4-14H,3,15-16H2,1-2H3,(H,28,33)(H,29,32). The van der Waals surface area contributed by atoms with Gasteiger partial charge in [0.1, 0.15) is 5.82 Å². The summed E-state index contributed by atoms with van der Waals surface area (Å²) in [4.78, 5) is 47.0. The number of para-hydroxylation sites is 2. The van der Waals surface area contributed by atoms with Gasteiger partial charge in [-0.1, -0.05) is 49.0 Å². The second-order valence-corrected chi connectivity index (χ2v) is 8.81. The van der Waals surface area contributed by atoms with E-state index in [1.807, 2.05) is 44.2 Å². The molecule has 0 spiro atoms. The van der Waals surface area contributed by atoms with Gasteiger partial charge in [-0.05, 0) is 54.8 Å². The van der Waals surface area contributed by atoms with Crippen LogP contribution in [-0.2, 0) is 16.0 Å². The van der Waals surface area contributed by atoms with Crippen LogP contribution in [0.5, 0.6) is 0 Å². The maximum atomic E-state index is 13.3. The van der Waals surface area contributed by atoms with Gasteiger partial charge in [0.2, 0.25) is 11.8 Å². The zero-order valence-corrected chi connectivity index (χ0v) is 20.3. The van der Waals surface area contributed by atoms with E-state index in [4.69, 9.17) is 0 Å². The van der Waals surface area contributed by atoms with Crippen molar-refractivity contribution in [3.8, 4) is 5.82 Å². The number of anilines is 1. The van der Waals surface area contributed by atoms with E-state index in [1.165, 1.54) is 4.57 Å². The fourth-order valence-corrected chi connectivity index (χ4v) is 4.39. The summed E-state index contributed by atoms with van der Waals surface area (Å²) in [6, 6.07) is 18.2. The highest BCUT2D eigenvalue weighted by molar-refractivity contribution is 7.99. The van der Waals surface area contributed by atoms with Gasteiger partial charge in [-0.2, -0.15) is 0 Å². The SMILES string of the molecule is CCc1ccccc1NC(=O)CNC(=O)CSc1nc2ccccc2c(=O)n1-c1cc(C)ccn1. The molecule has 0 radical (unpaired) electrons. The number of fused-ring (bicyclic) bond motifs is 1. The first-order chi connectivity index (χ1) is 17.0. The minimum atomic E-state index is -0.347. The van der Waals surface area contributed by atoms with Crippen molar-refractivity contribution in [2.24, 2.45) is 0 Å². The molecule has 4 rings (SSSR count). The number of amides is 2. The van der Waals surface area contributed by atoms with Gasteiger partial charge in [0.05, 0.1) is 23.2 Å². The number of pyridine rings is 1. The van der Waals surface area contributed by atoms with E-state index in [-0.39, 0.29) is 29.7 Å². The van der Waals surface area contributed by atoms with Crippen LogP contribution in [0.25, 0.3) is 16.7 Å². The first-order valence-electron chi connectivity index (χ1n) is 11.2. The van der Waals surface area contributed by atoms with Crippen molar-refractivity contribution >= 4 is 40.2 Å². The van der Waals surface area contributed by atoms with Crippen molar-refractivity contribution in [3.05, 3.63) is 88.3 Å². The number of carbonyl (C=O) groups excluding carboxylic acids is 2. The number of nitrogens with one attached hydrogen (secondary N) is 2. The summed E-state index contributed by atoms with van der Waals surface area (Å²) in [5.74, 6) is -0.241. The highest BCUT2D eigenvalue weighted by atomic mass is 32.2. The Labute approximate surface area is 206 Å². The van der Waals surface area contributed by atoms with Gasteiger partial charge in [0, 0.05) is 11.9 Å². The van der Waals surface area contributed by atoms with E-state index in [0.717, 1.165) is 35.0 Å². The van der Waals surface area contributed by atoms with Crippen LogP contribution in [0.2, 0.25) is 0 Å². The van der Waals surface area contributed by atoms with Crippen molar-refractivity contribution in [2.75, 3.05) is 17.6 Å². The molecule has 0 bridgehead atoms. The third-order valence-electron chi connectivity index (χ3n) is 5.33. The molecule has 0 aliphatic rings. The predicted octanol–water partition coefficient (Wildman–Crippen LogP) is 3.50. The lowest BCUT2D eigenvalue weighted by Gasteiger charge is -2.13. The van der Waals surface area contributed by atoms with E-state index < -0.39 is 0 Å². The molecular weight excluding hydrogens is 462 g/mol. The molecule has 9 heteroatoms. The number of nitrogens with zero attached hydrogens (tertiary/aromatic N) is 3. The molecule has 0 aliphatic carbocycles. The summed E-state index contributed by atoms with van der Waals surface area (Å²) in [7, 11) is 0. The minimum Gasteiger partial charge on any atom is -0.346 e. The number of carbonyl (C=O) groups is 2. The van der Waals surface area contributed by atoms with E-state index in [1.54, 1.807) is 36.5 Å². The van der Waals surface area contributed by atoms with Crippen LogP contribution in [0.4, 0.5) is 5.69 Å². The second kappa shape index (κ2) is 11.0. The smallest absolute Gasteiger partial charge is 0.267 e. The second-order valence-electron chi connectivity index (χ2n) is 7.87. The molecule has 0 atom stereocenters. The highest BCUT2D eigenvalue weighted by Crippen LogP contribution is 2.21. The van der Waals surface area contributed by atoms with Crippen LogP contribution in [0, 0.1) is 6.92 Å². The van der Waals surface area contributed by atoms with E-state index in [0.29, 0.717) is 21.9 Å². The van der Waals surface area contributed by atoms with Gasteiger partial charge in [0.25, 0.3) is 5.56 Å². The number of thioether (sulfide) groups is 1. The molecule has 0 saturated carbocycles. The summed E-state index contributed by atoms with van der Waals surface area (Å²) in [6.07, 6.45) is 2.42. The first-order valence-corrected chi connectivity index (χ1v) is 12.2. The van der Waals surface area contributed by atoms with Gasteiger partial charge >= 0.3 is 0 Å². The molecule has 2 aromatic carbocycles. The van der Waals surface area contributed by atoms with Crippen LogP contribution >= 0.6 is 11.8 Å². The summed E-state index contributed by atoms with van der Waals surface area (Å²) in [6.45, 7) is 3.76. The number of aromatic nitrogens is 3.